The van der Waals surface area contributed by atoms with Gasteiger partial charge in [0.25, 0.3) is 0 Å². The second-order valence-electron chi connectivity index (χ2n) is 11.6. The highest BCUT2D eigenvalue weighted by atomic mass is 16.6. The van der Waals surface area contributed by atoms with Crippen LogP contribution in [0.25, 0.3) is 6.08 Å². The van der Waals surface area contributed by atoms with Crippen molar-refractivity contribution in [3.8, 4) is 0 Å². The lowest BCUT2D eigenvalue weighted by molar-refractivity contribution is -0.177. The average molecular weight is 481 g/mol. The molecule has 4 aliphatic carbocycles. The van der Waals surface area contributed by atoms with E-state index in [-0.39, 0.29) is 35.7 Å². The van der Waals surface area contributed by atoms with Crippen LogP contribution in [0.15, 0.2) is 35.9 Å². The molecule has 4 fully saturated rings. The molecule has 9 atom stereocenters. The van der Waals surface area contributed by atoms with Crippen molar-refractivity contribution >= 4 is 18.0 Å². The summed E-state index contributed by atoms with van der Waals surface area (Å²) in [7, 11) is 1.77. The molecule has 0 saturated heterocycles. The quantitative estimate of drug-likeness (QED) is 0.508. The minimum absolute atomic E-state index is 0.00202. The summed E-state index contributed by atoms with van der Waals surface area (Å²) in [6.07, 6.45) is 9.54. The molecule has 0 radical (unpaired) electrons. The Balaban J connectivity index is 1.41. The molecule has 0 unspecified atom stereocenters. The summed E-state index contributed by atoms with van der Waals surface area (Å²) in [5.41, 5.74) is 2.43. The highest BCUT2D eigenvalue weighted by Gasteiger charge is 2.60. The minimum Gasteiger partial charge on any atom is -0.460 e. The van der Waals surface area contributed by atoms with Crippen LogP contribution in [0.4, 0.5) is 0 Å². The fraction of sp³-hybridized carbons (Fsp3) is 0.667. The second-order valence-corrected chi connectivity index (χ2v) is 11.6. The van der Waals surface area contributed by atoms with Crippen LogP contribution in [0.2, 0.25) is 0 Å². The number of hydrogen-bond acceptors (Lipinski definition) is 5. The number of fused-ring (bicyclic) bond motifs is 5. The third kappa shape index (κ3) is 4.45. The molecule has 0 amide bonds. The van der Waals surface area contributed by atoms with Crippen LogP contribution in [0.3, 0.4) is 0 Å². The molecule has 4 aliphatic rings. The zero-order chi connectivity index (χ0) is 24.7. The molecule has 5 heteroatoms. The normalized spacial score (nSPS) is 41.4. The summed E-state index contributed by atoms with van der Waals surface area (Å²) in [5, 5.41) is 0. The summed E-state index contributed by atoms with van der Waals surface area (Å²) in [6.45, 7) is 5.41. The Hall–Kier alpha value is -2.14. The molecule has 0 N–H and O–H groups in total. The number of rotatable bonds is 4. The van der Waals surface area contributed by atoms with E-state index in [2.05, 4.69) is 37.3 Å². The van der Waals surface area contributed by atoms with Crippen LogP contribution >= 0.6 is 0 Å². The Morgan fingerprint density at radius 1 is 0.886 bits per heavy atom. The van der Waals surface area contributed by atoms with Crippen molar-refractivity contribution in [2.24, 2.45) is 35.0 Å². The third-order valence-electron chi connectivity index (χ3n) is 9.85. The summed E-state index contributed by atoms with van der Waals surface area (Å²) in [6, 6.07) is 10.4. The van der Waals surface area contributed by atoms with Crippen molar-refractivity contribution in [3.05, 3.63) is 41.5 Å². The van der Waals surface area contributed by atoms with Gasteiger partial charge in [-0.25, -0.2) is 0 Å². The number of carbonyl (C=O) groups is 2. The van der Waals surface area contributed by atoms with Crippen LogP contribution in [0, 0.1) is 35.0 Å². The minimum atomic E-state index is -0.210. The maximum absolute atomic E-state index is 12.2. The SMILES string of the molecule is CO[C@H]1[C@H]2CC[C@H]3[C@@H](CC[C@@]4(C)[C@H](OC(C)=O)/C(=C/c5ccccc5)C[C@H]34)[C@@H]2CC[C@@H]1OC(C)=O. The molecule has 0 bridgehead atoms. The first-order chi connectivity index (χ1) is 16.8. The molecular formula is C30H40O5. The fourth-order valence-corrected chi connectivity index (χ4v) is 8.60. The van der Waals surface area contributed by atoms with Crippen molar-refractivity contribution in [2.75, 3.05) is 7.11 Å². The number of hydrogen-bond donors (Lipinski definition) is 0. The van der Waals surface area contributed by atoms with E-state index in [1.54, 1.807) is 14.0 Å². The van der Waals surface area contributed by atoms with Gasteiger partial charge in [-0.3, -0.25) is 9.59 Å². The van der Waals surface area contributed by atoms with Crippen molar-refractivity contribution in [3.63, 3.8) is 0 Å². The van der Waals surface area contributed by atoms with E-state index in [4.69, 9.17) is 14.2 Å². The molecule has 0 heterocycles. The van der Waals surface area contributed by atoms with E-state index in [1.165, 1.54) is 30.9 Å². The van der Waals surface area contributed by atoms with Gasteiger partial charge in [0, 0.05) is 26.4 Å². The van der Waals surface area contributed by atoms with E-state index in [9.17, 15) is 9.59 Å². The lowest BCUT2D eigenvalue weighted by Crippen LogP contribution is -2.54. The van der Waals surface area contributed by atoms with Crippen LogP contribution in [0.1, 0.15) is 71.3 Å². The Kier molecular flexibility index (Phi) is 6.82. The molecule has 5 nitrogen and oxygen atoms in total. The summed E-state index contributed by atoms with van der Waals surface area (Å²) < 4.78 is 17.7. The number of methoxy groups -OCH3 is 1. The third-order valence-corrected chi connectivity index (χ3v) is 9.85. The van der Waals surface area contributed by atoms with Crippen LogP contribution < -0.4 is 0 Å². The lowest BCUT2D eigenvalue weighted by Gasteiger charge is -2.56. The molecule has 1 aromatic carbocycles. The topological polar surface area (TPSA) is 61.8 Å². The summed E-state index contributed by atoms with van der Waals surface area (Å²) >= 11 is 0. The predicted octanol–water partition coefficient (Wildman–Crippen LogP) is 5.82. The van der Waals surface area contributed by atoms with Gasteiger partial charge in [-0.2, -0.15) is 0 Å². The van der Waals surface area contributed by atoms with Gasteiger partial charge in [0.15, 0.2) is 0 Å². The van der Waals surface area contributed by atoms with Crippen LogP contribution in [0.5, 0.6) is 0 Å². The van der Waals surface area contributed by atoms with Crippen LogP contribution in [-0.2, 0) is 23.8 Å². The first kappa shape index (κ1) is 24.5. The van der Waals surface area contributed by atoms with E-state index in [0.717, 1.165) is 32.1 Å². The highest BCUT2D eigenvalue weighted by molar-refractivity contribution is 5.68. The molecule has 4 saturated carbocycles. The van der Waals surface area contributed by atoms with Crippen molar-refractivity contribution in [1.82, 2.24) is 0 Å². The Bertz CT molecular complexity index is 970. The number of esters is 2. The van der Waals surface area contributed by atoms with Crippen LogP contribution in [-0.4, -0.2) is 37.4 Å². The van der Waals surface area contributed by atoms with Crippen molar-refractivity contribution in [2.45, 2.75) is 84.0 Å². The molecule has 35 heavy (non-hydrogen) atoms. The number of benzene rings is 1. The molecule has 1 aromatic rings. The van der Waals surface area contributed by atoms with E-state index < -0.39 is 0 Å². The van der Waals surface area contributed by atoms with Gasteiger partial charge in [0.2, 0.25) is 0 Å². The predicted molar refractivity (Wildman–Crippen MR) is 134 cm³/mol. The summed E-state index contributed by atoms with van der Waals surface area (Å²) in [4.78, 5) is 23.8. The van der Waals surface area contributed by atoms with Gasteiger partial charge in [0.05, 0.1) is 6.10 Å². The van der Waals surface area contributed by atoms with Gasteiger partial charge < -0.3 is 14.2 Å². The molecular weight excluding hydrogens is 440 g/mol. The van der Waals surface area contributed by atoms with Gasteiger partial charge in [-0.05, 0) is 85.7 Å². The molecule has 0 spiro atoms. The van der Waals surface area contributed by atoms with Gasteiger partial charge in [0.1, 0.15) is 12.2 Å². The summed E-state index contributed by atoms with van der Waals surface area (Å²) in [5.74, 6) is 2.49. The van der Waals surface area contributed by atoms with Crippen molar-refractivity contribution in [1.29, 1.82) is 0 Å². The Morgan fingerprint density at radius 3 is 2.23 bits per heavy atom. The smallest absolute Gasteiger partial charge is 0.303 e. The second kappa shape index (κ2) is 9.72. The Labute approximate surface area is 209 Å². The molecule has 0 aliphatic heterocycles. The monoisotopic (exact) mass is 480 g/mol. The molecule has 190 valence electrons. The standard InChI is InChI=1S/C30H40O5/c1-18(31)34-27-13-12-22-23-14-15-30(3)26(24(23)10-11-25(22)28(27)33-4)17-21(29(30)35-19(2)32)16-20-8-6-5-7-9-20/h5-9,16,22-29H,10-15,17H2,1-4H3/b21-16+/t22-,23-,24-,25-,26+,27-,28-,29+,30+/m0/s1. The molecule has 0 aromatic heterocycles. The number of carbonyl (C=O) groups excluding carboxylic acids is 2. The maximum atomic E-state index is 12.2. The average Bonchev–Trinajstić information content (AvgIpc) is 3.10. The largest absolute Gasteiger partial charge is 0.460 e. The van der Waals surface area contributed by atoms with Crippen molar-refractivity contribution < 1.29 is 23.8 Å². The van der Waals surface area contributed by atoms with Gasteiger partial charge >= 0.3 is 11.9 Å². The first-order valence-corrected chi connectivity index (χ1v) is 13.4. The fourth-order valence-electron chi connectivity index (χ4n) is 8.60. The van der Waals surface area contributed by atoms with E-state index in [1.807, 2.05) is 6.07 Å². The Morgan fingerprint density at radius 2 is 1.54 bits per heavy atom. The lowest BCUT2D eigenvalue weighted by atomic mass is 9.50. The maximum Gasteiger partial charge on any atom is 0.303 e. The van der Waals surface area contributed by atoms with Gasteiger partial charge in [-0.15, -0.1) is 0 Å². The van der Waals surface area contributed by atoms with Gasteiger partial charge in [-0.1, -0.05) is 43.3 Å². The highest BCUT2D eigenvalue weighted by Crippen LogP contribution is 2.64. The first-order valence-electron chi connectivity index (χ1n) is 13.4. The zero-order valence-corrected chi connectivity index (χ0v) is 21.6. The molecule has 5 rings (SSSR count). The zero-order valence-electron chi connectivity index (χ0n) is 21.6. The number of ether oxygens (including phenoxy) is 3. The van der Waals surface area contributed by atoms with E-state index in [0.29, 0.717) is 29.6 Å². The van der Waals surface area contributed by atoms with E-state index >= 15 is 0 Å².